The van der Waals surface area contributed by atoms with E-state index < -0.39 is 0 Å². The average molecular weight is 344 g/mol. The van der Waals surface area contributed by atoms with E-state index in [-0.39, 0.29) is 5.41 Å². The van der Waals surface area contributed by atoms with Gasteiger partial charge in [-0.25, -0.2) is 0 Å². The number of hydrogen-bond acceptors (Lipinski definition) is 0. The van der Waals surface area contributed by atoms with Crippen molar-refractivity contribution in [1.82, 2.24) is 0 Å². The summed E-state index contributed by atoms with van der Waals surface area (Å²) in [6.07, 6.45) is 26.2. The summed E-state index contributed by atoms with van der Waals surface area (Å²) < 4.78 is 0. The zero-order valence-corrected chi connectivity index (χ0v) is 15.2. The maximum atomic E-state index is 3.28. The van der Waals surface area contributed by atoms with E-state index in [0.717, 1.165) is 19.3 Å². The molecule has 27 heavy (non-hydrogen) atoms. The smallest absolute Gasteiger partial charge is 0.0722 e. The fourth-order valence-corrected chi connectivity index (χ4v) is 5.45. The maximum absolute atomic E-state index is 3.28. The van der Waals surface area contributed by atoms with Gasteiger partial charge in [0.1, 0.15) is 0 Å². The first-order valence-electron chi connectivity index (χ1n) is 9.85. The molecule has 5 aliphatic rings. The second-order valence-corrected chi connectivity index (χ2v) is 7.64. The molecule has 0 aromatic heterocycles. The van der Waals surface area contributed by atoms with Crippen LogP contribution in [0.4, 0.5) is 0 Å². The van der Waals surface area contributed by atoms with Gasteiger partial charge in [0.25, 0.3) is 0 Å². The van der Waals surface area contributed by atoms with E-state index in [9.17, 15) is 0 Å². The quantitative estimate of drug-likeness (QED) is 0.475. The van der Waals surface area contributed by atoms with Crippen LogP contribution in [0.15, 0.2) is 119 Å². The van der Waals surface area contributed by atoms with Gasteiger partial charge in [-0.3, -0.25) is 0 Å². The largest absolute Gasteiger partial charge is 0.121 e. The Morgan fingerprint density at radius 2 is 1.67 bits per heavy atom. The highest BCUT2D eigenvalue weighted by Crippen LogP contribution is 2.65. The van der Waals surface area contributed by atoms with Crippen LogP contribution in [0.3, 0.4) is 0 Å². The highest BCUT2D eigenvalue weighted by atomic mass is 14.6. The molecule has 0 heteroatoms. The van der Waals surface area contributed by atoms with Crippen molar-refractivity contribution in [2.24, 2.45) is 0 Å². The van der Waals surface area contributed by atoms with Gasteiger partial charge in [0, 0.05) is 0 Å². The molecule has 0 N–H and O–H groups in total. The van der Waals surface area contributed by atoms with Crippen LogP contribution >= 0.6 is 0 Å². The molecule has 1 aromatic carbocycles. The van der Waals surface area contributed by atoms with Crippen LogP contribution in [-0.4, -0.2) is 0 Å². The first kappa shape index (κ1) is 15.0. The van der Waals surface area contributed by atoms with Crippen molar-refractivity contribution < 1.29 is 0 Å². The van der Waals surface area contributed by atoms with Crippen molar-refractivity contribution in [2.45, 2.75) is 24.7 Å². The summed E-state index contributed by atoms with van der Waals surface area (Å²) in [6, 6.07) is 8.98. The van der Waals surface area contributed by atoms with Gasteiger partial charge in [0.2, 0.25) is 0 Å². The highest BCUT2D eigenvalue weighted by molar-refractivity contribution is 5.98. The van der Waals surface area contributed by atoms with Crippen molar-refractivity contribution in [3.05, 3.63) is 130 Å². The summed E-state index contributed by atoms with van der Waals surface area (Å²) in [5, 5.41) is 0. The lowest BCUT2D eigenvalue weighted by atomic mass is 9.68. The van der Waals surface area contributed by atoms with E-state index in [1.807, 2.05) is 6.08 Å². The van der Waals surface area contributed by atoms with Crippen molar-refractivity contribution >= 4 is 5.57 Å². The molecule has 5 aliphatic carbocycles. The second-order valence-electron chi connectivity index (χ2n) is 7.64. The normalized spacial score (nSPS) is 26.5. The minimum Gasteiger partial charge on any atom is -0.121 e. The van der Waals surface area contributed by atoms with Crippen LogP contribution in [0.1, 0.15) is 30.4 Å². The van der Waals surface area contributed by atoms with E-state index in [2.05, 4.69) is 84.7 Å². The number of allylic oxidation sites excluding steroid dienone is 15. The Morgan fingerprint density at radius 1 is 0.815 bits per heavy atom. The Labute approximate surface area is 160 Å². The highest BCUT2D eigenvalue weighted by Gasteiger charge is 2.55. The van der Waals surface area contributed by atoms with Crippen LogP contribution < -0.4 is 0 Å². The summed E-state index contributed by atoms with van der Waals surface area (Å²) in [4.78, 5) is 0. The third-order valence-corrected chi connectivity index (χ3v) is 6.39. The summed E-state index contributed by atoms with van der Waals surface area (Å²) >= 11 is 0. The monoisotopic (exact) mass is 344 g/mol. The molecule has 6 rings (SSSR count). The molecule has 1 aromatic rings. The third-order valence-electron chi connectivity index (χ3n) is 6.39. The lowest BCUT2D eigenvalue weighted by Gasteiger charge is -2.33. The first-order valence-corrected chi connectivity index (χ1v) is 9.85. The van der Waals surface area contributed by atoms with Gasteiger partial charge in [0.05, 0.1) is 5.41 Å². The average Bonchev–Trinajstić information content (AvgIpc) is 2.94. The van der Waals surface area contributed by atoms with E-state index in [0.29, 0.717) is 0 Å². The van der Waals surface area contributed by atoms with E-state index >= 15 is 0 Å². The second kappa shape index (κ2) is 5.46. The topological polar surface area (TPSA) is 0 Å². The van der Waals surface area contributed by atoms with Gasteiger partial charge in [-0.05, 0) is 88.1 Å². The molecule has 0 amide bonds. The predicted molar refractivity (Wildman–Crippen MR) is 112 cm³/mol. The van der Waals surface area contributed by atoms with Crippen LogP contribution in [0.25, 0.3) is 5.57 Å². The van der Waals surface area contributed by atoms with Gasteiger partial charge in [-0.1, -0.05) is 60.7 Å². The molecule has 128 valence electrons. The van der Waals surface area contributed by atoms with Gasteiger partial charge >= 0.3 is 0 Å². The summed E-state index contributed by atoms with van der Waals surface area (Å²) in [7, 11) is 0. The summed E-state index contributed by atoms with van der Waals surface area (Å²) in [5.74, 6) is 0. The minimum atomic E-state index is -0.189. The molecule has 1 atom stereocenters. The number of fused-ring (bicyclic) bond motifs is 9. The Kier molecular flexibility index (Phi) is 3.04. The van der Waals surface area contributed by atoms with Gasteiger partial charge in [-0.15, -0.1) is 5.73 Å². The van der Waals surface area contributed by atoms with Gasteiger partial charge in [-0.2, -0.15) is 0 Å². The zero-order valence-electron chi connectivity index (χ0n) is 15.2. The fourth-order valence-electron chi connectivity index (χ4n) is 5.45. The van der Waals surface area contributed by atoms with Crippen LogP contribution in [0.5, 0.6) is 0 Å². The molecule has 0 fully saturated rings. The van der Waals surface area contributed by atoms with Crippen molar-refractivity contribution in [2.75, 3.05) is 0 Å². The molecule has 1 unspecified atom stereocenters. The Hall–Kier alpha value is -3.08. The van der Waals surface area contributed by atoms with Gasteiger partial charge < -0.3 is 0 Å². The summed E-state index contributed by atoms with van der Waals surface area (Å²) in [6.45, 7) is 0. The van der Waals surface area contributed by atoms with E-state index in [1.54, 1.807) is 0 Å². The Morgan fingerprint density at radius 3 is 2.67 bits per heavy atom. The fraction of sp³-hybridized carbons (Fsp3) is 0.148. The minimum absolute atomic E-state index is 0.189. The van der Waals surface area contributed by atoms with Crippen molar-refractivity contribution in [3.63, 3.8) is 0 Å². The van der Waals surface area contributed by atoms with E-state index in [1.165, 1.54) is 44.6 Å². The molecule has 0 radical (unpaired) electrons. The van der Waals surface area contributed by atoms with Crippen LogP contribution in [-0.2, 0) is 5.41 Å². The molecule has 0 saturated heterocycles. The molecule has 1 spiro atoms. The Bertz CT molecular complexity index is 1160. The van der Waals surface area contributed by atoms with E-state index in [4.69, 9.17) is 0 Å². The van der Waals surface area contributed by atoms with Crippen LogP contribution in [0, 0.1) is 0 Å². The SMILES string of the molecule is C1=CC=C2C(=CC=1)C1(C3=CCCC=C3C3=C1C=CCC=C3)c1ccccc12. The molecule has 0 aliphatic heterocycles. The molecular formula is C27H20. The number of benzene rings is 1. The molecule has 0 nitrogen and oxygen atoms in total. The standard InChI is InChI=1S/C27H20/c1-3-11-19-21-13-7-9-17-25(21)27(23(19)15-5-1)24-16-6-2-4-12-20(24)22-14-8-10-18-26(22)27/h3-6,8,10-18H,1,7,9H2. The van der Waals surface area contributed by atoms with Crippen molar-refractivity contribution in [1.29, 1.82) is 0 Å². The summed E-state index contributed by atoms with van der Waals surface area (Å²) in [5.41, 5.74) is 14.4. The molecule has 0 bridgehead atoms. The lowest BCUT2D eigenvalue weighted by molar-refractivity contribution is 0.768. The molecular weight excluding hydrogens is 324 g/mol. The third kappa shape index (κ3) is 1.79. The van der Waals surface area contributed by atoms with Crippen LogP contribution in [0.2, 0.25) is 0 Å². The number of hydrogen-bond donors (Lipinski definition) is 0. The Balaban J connectivity index is 1.80. The number of rotatable bonds is 0. The lowest BCUT2D eigenvalue weighted by Crippen LogP contribution is -2.27. The van der Waals surface area contributed by atoms with Gasteiger partial charge in [0.15, 0.2) is 0 Å². The predicted octanol–water partition coefficient (Wildman–Crippen LogP) is 6.45. The molecule has 0 saturated carbocycles. The maximum Gasteiger partial charge on any atom is 0.0722 e. The molecule has 0 heterocycles. The van der Waals surface area contributed by atoms with Crippen molar-refractivity contribution in [3.8, 4) is 0 Å². The first-order chi connectivity index (χ1) is 13.4. The zero-order chi connectivity index (χ0) is 17.8.